The van der Waals surface area contributed by atoms with Crippen LogP contribution in [0.2, 0.25) is 0 Å². The minimum atomic E-state index is -0.987. The molecule has 0 spiro atoms. The van der Waals surface area contributed by atoms with Crippen molar-refractivity contribution in [2.45, 2.75) is 52.6 Å². The van der Waals surface area contributed by atoms with Crippen molar-refractivity contribution in [1.29, 1.82) is 0 Å². The quantitative estimate of drug-likeness (QED) is 0.450. The van der Waals surface area contributed by atoms with E-state index in [0.717, 1.165) is 33.5 Å². The molecular weight excluding hydrogens is 448 g/mol. The van der Waals surface area contributed by atoms with Gasteiger partial charge in [0.1, 0.15) is 6.04 Å². The van der Waals surface area contributed by atoms with Gasteiger partial charge in [-0.1, -0.05) is 60.2 Å². The molecular formula is C31H30N2O3. The zero-order valence-corrected chi connectivity index (χ0v) is 21.3. The second-order valence-electron chi connectivity index (χ2n) is 10.4. The summed E-state index contributed by atoms with van der Waals surface area (Å²) in [6.45, 7) is 10.1. The zero-order chi connectivity index (χ0) is 25.8. The van der Waals surface area contributed by atoms with Crippen LogP contribution in [0, 0.1) is 13.8 Å². The number of carbonyl (C=O) groups excluding carboxylic acids is 3. The number of allylic oxidation sites excluding steroid dienone is 1. The Morgan fingerprint density at radius 1 is 0.833 bits per heavy atom. The van der Waals surface area contributed by atoms with E-state index in [1.165, 1.54) is 4.90 Å². The van der Waals surface area contributed by atoms with E-state index >= 15 is 0 Å². The number of benzene rings is 3. The van der Waals surface area contributed by atoms with E-state index in [2.05, 4.69) is 25.1 Å². The van der Waals surface area contributed by atoms with Crippen molar-refractivity contribution in [1.82, 2.24) is 4.90 Å². The number of rotatable bonds is 4. The molecule has 0 saturated carbocycles. The van der Waals surface area contributed by atoms with Gasteiger partial charge < -0.3 is 4.90 Å². The van der Waals surface area contributed by atoms with Crippen LogP contribution in [0.15, 0.2) is 72.8 Å². The fraction of sp³-hybridized carbons (Fsp3) is 0.258. The molecule has 2 aliphatic heterocycles. The summed E-state index contributed by atoms with van der Waals surface area (Å²) in [5.74, 6) is -1.12. The Labute approximate surface area is 212 Å². The maximum Gasteiger partial charge on any atom is 0.262 e. The average molecular weight is 479 g/mol. The summed E-state index contributed by atoms with van der Waals surface area (Å²) < 4.78 is 0. The first-order chi connectivity index (χ1) is 17.1. The number of amides is 3. The van der Waals surface area contributed by atoms with Gasteiger partial charge in [-0.2, -0.15) is 0 Å². The lowest BCUT2D eigenvalue weighted by molar-refractivity contribution is -0.123. The average Bonchev–Trinajstić information content (AvgIpc) is 3.08. The number of nitrogens with zero attached hydrogens (tertiary/aromatic N) is 2. The Morgan fingerprint density at radius 3 is 2.03 bits per heavy atom. The molecule has 5 heteroatoms. The van der Waals surface area contributed by atoms with Crippen molar-refractivity contribution < 1.29 is 14.4 Å². The predicted octanol–water partition coefficient (Wildman–Crippen LogP) is 5.74. The largest absolute Gasteiger partial charge is 0.301 e. The summed E-state index contributed by atoms with van der Waals surface area (Å²) in [5.41, 5.74) is 5.96. The third kappa shape index (κ3) is 3.76. The summed E-state index contributed by atoms with van der Waals surface area (Å²) >= 11 is 0. The van der Waals surface area contributed by atoms with Crippen LogP contribution < -0.4 is 4.90 Å². The van der Waals surface area contributed by atoms with Crippen LogP contribution in [0.5, 0.6) is 0 Å². The Kier molecular flexibility index (Phi) is 5.67. The molecule has 182 valence electrons. The van der Waals surface area contributed by atoms with Gasteiger partial charge in [-0.3, -0.25) is 19.3 Å². The molecule has 1 atom stereocenters. The summed E-state index contributed by atoms with van der Waals surface area (Å²) in [5, 5.41) is 0. The van der Waals surface area contributed by atoms with Gasteiger partial charge >= 0.3 is 0 Å². The predicted molar refractivity (Wildman–Crippen MR) is 142 cm³/mol. The second-order valence-corrected chi connectivity index (χ2v) is 10.4. The molecule has 0 unspecified atom stereocenters. The summed E-state index contributed by atoms with van der Waals surface area (Å²) in [4.78, 5) is 44.6. The molecule has 3 aromatic rings. The number of anilines is 1. The number of imide groups is 1. The van der Waals surface area contributed by atoms with Crippen LogP contribution >= 0.6 is 0 Å². The van der Waals surface area contributed by atoms with E-state index in [9.17, 15) is 14.4 Å². The van der Waals surface area contributed by atoms with Crippen LogP contribution in [0.25, 0.3) is 5.57 Å². The highest BCUT2D eigenvalue weighted by Gasteiger charge is 2.47. The standard InChI is InChI=1S/C31H30N2O3/c1-19-15-20(2)27-25(16-19)21(3)18-31(4,5)33(27)30(36)26(17-22-11-7-6-8-12-22)32-28(34)23-13-9-10-14-24(23)29(32)35/h6-16,18,26H,17H2,1-5H3/t26-/m0/s1. The molecule has 0 saturated heterocycles. The Bertz CT molecular complexity index is 1400. The minimum Gasteiger partial charge on any atom is -0.301 e. The molecule has 0 N–H and O–H groups in total. The third-order valence-corrected chi connectivity index (χ3v) is 7.15. The molecule has 0 aromatic heterocycles. The first-order valence-electron chi connectivity index (χ1n) is 12.3. The molecule has 0 fully saturated rings. The van der Waals surface area contributed by atoms with Crippen molar-refractivity contribution in [3.8, 4) is 0 Å². The lowest BCUT2D eigenvalue weighted by Crippen LogP contribution is -2.58. The number of hydrogen-bond acceptors (Lipinski definition) is 3. The highest BCUT2D eigenvalue weighted by atomic mass is 16.2. The van der Waals surface area contributed by atoms with Gasteiger partial charge in [0.2, 0.25) is 0 Å². The molecule has 0 aliphatic carbocycles. The molecule has 5 rings (SSSR count). The second kappa shape index (κ2) is 8.59. The fourth-order valence-corrected chi connectivity index (χ4v) is 5.68. The van der Waals surface area contributed by atoms with Gasteiger partial charge in [-0.05, 0) is 69.5 Å². The van der Waals surface area contributed by atoms with Crippen molar-refractivity contribution in [2.75, 3.05) is 4.90 Å². The molecule has 3 aromatic carbocycles. The van der Waals surface area contributed by atoms with Crippen molar-refractivity contribution in [2.24, 2.45) is 0 Å². The first-order valence-corrected chi connectivity index (χ1v) is 12.3. The van der Waals surface area contributed by atoms with E-state index < -0.39 is 23.4 Å². The van der Waals surface area contributed by atoms with Crippen molar-refractivity contribution in [3.63, 3.8) is 0 Å². The van der Waals surface area contributed by atoms with E-state index in [1.54, 1.807) is 29.2 Å². The molecule has 0 bridgehead atoms. The maximum absolute atomic E-state index is 14.6. The summed E-state index contributed by atoms with van der Waals surface area (Å²) in [6, 6.07) is 19.5. The van der Waals surface area contributed by atoms with Crippen LogP contribution in [-0.4, -0.2) is 34.2 Å². The van der Waals surface area contributed by atoms with Crippen LogP contribution in [0.3, 0.4) is 0 Å². The topological polar surface area (TPSA) is 57.7 Å². The van der Waals surface area contributed by atoms with Crippen LogP contribution in [0.1, 0.15) is 63.7 Å². The minimum absolute atomic E-state index is 0.237. The van der Waals surface area contributed by atoms with Crippen LogP contribution in [-0.2, 0) is 11.2 Å². The Hall–Kier alpha value is -3.99. The van der Waals surface area contributed by atoms with Gasteiger partial charge in [-0.25, -0.2) is 0 Å². The fourth-order valence-electron chi connectivity index (χ4n) is 5.68. The smallest absolute Gasteiger partial charge is 0.262 e. The van der Waals surface area contributed by atoms with Gasteiger partial charge in [-0.15, -0.1) is 0 Å². The highest BCUT2D eigenvalue weighted by Crippen LogP contribution is 2.42. The number of fused-ring (bicyclic) bond motifs is 2. The molecule has 2 aliphatic rings. The van der Waals surface area contributed by atoms with E-state index in [1.807, 2.05) is 58.0 Å². The van der Waals surface area contributed by atoms with E-state index in [0.29, 0.717) is 11.1 Å². The molecule has 5 nitrogen and oxygen atoms in total. The first kappa shape index (κ1) is 23.7. The zero-order valence-electron chi connectivity index (χ0n) is 21.3. The van der Waals surface area contributed by atoms with Gasteiger partial charge in [0.05, 0.1) is 22.4 Å². The van der Waals surface area contributed by atoms with E-state index in [-0.39, 0.29) is 12.3 Å². The Balaban J connectivity index is 1.66. The Morgan fingerprint density at radius 2 is 1.42 bits per heavy atom. The number of hydrogen-bond donors (Lipinski definition) is 0. The molecule has 2 heterocycles. The van der Waals surface area contributed by atoms with Crippen LogP contribution in [0.4, 0.5) is 5.69 Å². The third-order valence-electron chi connectivity index (χ3n) is 7.15. The number of carbonyl (C=O) groups is 3. The normalized spacial score (nSPS) is 17.0. The monoisotopic (exact) mass is 478 g/mol. The van der Waals surface area contributed by atoms with Gasteiger partial charge in [0.25, 0.3) is 17.7 Å². The lowest BCUT2D eigenvalue weighted by Gasteiger charge is -2.45. The maximum atomic E-state index is 14.6. The SMILES string of the molecule is CC1=CC(C)(C)N(C(=O)[C@H](Cc2ccccc2)N2C(=O)c3ccccc3C2=O)c2c(C)cc(C)cc21. The molecule has 0 radical (unpaired) electrons. The van der Waals surface area contributed by atoms with Gasteiger partial charge in [0.15, 0.2) is 0 Å². The number of aryl methyl sites for hydroxylation is 2. The highest BCUT2D eigenvalue weighted by molar-refractivity contribution is 6.23. The summed E-state index contributed by atoms with van der Waals surface area (Å²) in [7, 11) is 0. The molecule has 36 heavy (non-hydrogen) atoms. The van der Waals surface area contributed by atoms with Crippen molar-refractivity contribution in [3.05, 3.63) is 106 Å². The lowest BCUT2D eigenvalue weighted by atomic mass is 9.85. The summed E-state index contributed by atoms with van der Waals surface area (Å²) in [6.07, 6.45) is 2.33. The van der Waals surface area contributed by atoms with E-state index in [4.69, 9.17) is 0 Å². The van der Waals surface area contributed by atoms with Gasteiger partial charge in [0, 0.05) is 12.0 Å². The van der Waals surface area contributed by atoms with Crippen molar-refractivity contribution >= 4 is 29.0 Å². The molecule has 3 amide bonds.